The van der Waals surface area contributed by atoms with Gasteiger partial charge in [-0.2, -0.15) is 0 Å². The van der Waals surface area contributed by atoms with Crippen LogP contribution in [0.25, 0.3) is 0 Å². The monoisotopic (exact) mass is 387 g/mol. The Morgan fingerprint density at radius 3 is 2.75 bits per heavy atom. The van der Waals surface area contributed by atoms with Crippen LogP contribution in [0.15, 0.2) is 29.3 Å². The molecule has 5 nitrogen and oxygen atoms in total. The number of ether oxygens (including phenoxy) is 2. The maximum absolute atomic E-state index is 6.22. The largest absolute Gasteiger partial charge is 0.378 e. The topological polar surface area (TPSA) is 46.1 Å². The van der Waals surface area contributed by atoms with E-state index in [9.17, 15) is 0 Å². The Bertz CT molecular complexity index is 612. The summed E-state index contributed by atoms with van der Waals surface area (Å²) in [6, 6.07) is 8.73. The normalized spacial score (nSPS) is 20.9. The molecule has 0 bridgehead atoms. The second-order valence-electron chi connectivity index (χ2n) is 7.68. The minimum atomic E-state index is 0.264. The Labute approximate surface area is 170 Å². The van der Waals surface area contributed by atoms with E-state index >= 15 is 0 Å². The van der Waals surface area contributed by atoms with Crippen molar-refractivity contribution in [3.05, 3.63) is 35.4 Å². The smallest absolute Gasteiger partial charge is 0.193 e. The molecule has 1 unspecified atom stereocenters. The standard InChI is InChI=1S/C23H37N3O2/c1-3-24-23(26-16-13-20(14-17-26)27-4-2)25-15-8-18-28-22-12-7-10-19-9-5-6-11-21(19)22/h5-6,9,11,20,22H,3-4,7-8,10,12-18H2,1-2H3,(H,24,25). The molecule has 1 aliphatic heterocycles. The molecular formula is C23H37N3O2. The summed E-state index contributed by atoms with van der Waals surface area (Å²) in [5.74, 6) is 1.04. The number of rotatable bonds is 8. The lowest BCUT2D eigenvalue weighted by molar-refractivity contribution is 0.0263. The number of nitrogens with zero attached hydrogens (tertiary/aromatic N) is 2. The first-order valence-electron chi connectivity index (χ1n) is 11.2. The highest BCUT2D eigenvalue weighted by molar-refractivity contribution is 5.80. The van der Waals surface area contributed by atoms with E-state index in [1.807, 2.05) is 0 Å². The average molecular weight is 388 g/mol. The van der Waals surface area contributed by atoms with Crippen LogP contribution in [-0.2, 0) is 15.9 Å². The highest BCUT2D eigenvalue weighted by Gasteiger charge is 2.22. The van der Waals surface area contributed by atoms with Crippen molar-refractivity contribution in [3.63, 3.8) is 0 Å². The van der Waals surface area contributed by atoms with Gasteiger partial charge in [-0.25, -0.2) is 0 Å². The predicted octanol–water partition coefficient (Wildman–Crippen LogP) is 3.94. The van der Waals surface area contributed by atoms with Crippen LogP contribution in [0.5, 0.6) is 0 Å². The molecule has 1 aromatic rings. The number of guanidine groups is 1. The van der Waals surface area contributed by atoms with E-state index in [0.717, 1.165) is 71.0 Å². The molecule has 0 amide bonds. The van der Waals surface area contributed by atoms with Crippen LogP contribution in [0.4, 0.5) is 0 Å². The minimum Gasteiger partial charge on any atom is -0.378 e. The van der Waals surface area contributed by atoms with Crippen LogP contribution >= 0.6 is 0 Å². The van der Waals surface area contributed by atoms with Gasteiger partial charge in [0.2, 0.25) is 0 Å². The van der Waals surface area contributed by atoms with E-state index in [4.69, 9.17) is 14.5 Å². The van der Waals surface area contributed by atoms with Crippen LogP contribution in [0.3, 0.4) is 0 Å². The first-order chi connectivity index (χ1) is 13.8. The van der Waals surface area contributed by atoms with Crippen LogP contribution in [0.2, 0.25) is 0 Å². The molecule has 5 heteroatoms. The number of aliphatic imine (C=N–C) groups is 1. The summed E-state index contributed by atoms with van der Waals surface area (Å²) >= 11 is 0. The molecule has 0 radical (unpaired) electrons. The molecule has 2 aliphatic rings. The summed E-state index contributed by atoms with van der Waals surface area (Å²) < 4.78 is 12.0. The quantitative estimate of drug-likeness (QED) is 0.417. The van der Waals surface area contributed by atoms with Gasteiger partial charge >= 0.3 is 0 Å². The summed E-state index contributed by atoms with van der Waals surface area (Å²) in [7, 11) is 0. The van der Waals surface area contributed by atoms with Gasteiger partial charge in [-0.1, -0.05) is 24.3 Å². The van der Waals surface area contributed by atoms with E-state index < -0.39 is 0 Å². The van der Waals surface area contributed by atoms with Gasteiger partial charge in [-0.3, -0.25) is 4.99 Å². The van der Waals surface area contributed by atoms with Gasteiger partial charge in [0.15, 0.2) is 5.96 Å². The number of fused-ring (bicyclic) bond motifs is 1. The molecule has 1 N–H and O–H groups in total. The van der Waals surface area contributed by atoms with Crippen molar-refractivity contribution >= 4 is 5.96 Å². The molecule has 3 rings (SSSR count). The fraction of sp³-hybridized carbons (Fsp3) is 0.696. The Morgan fingerprint density at radius 1 is 1.14 bits per heavy atom. The number of benzene rings is 1. The SMILES string of the molecule is CCNC(=NCCCOC1CCCc2ccccc21)N1CCC(OCC)CC1. The van der Waals surface area contributed by atoms with Crippen molar-refractivity contribution in [2.45, 2.75) is 64.6 Å². The molecule has 1 atom stereocenters. The third-order valence-electron chi connectivity index (χ3n) is 5.68. The van der Waals surface area contributed by atoms with Crippen LogP contribution in [0, 0.1) is 0 Å². The van der Waals surface area contributed by atoms with Gasteiger partial charge in [0.25, 0.3) is 0 Å². The summed E-state index contributed by atoms with van der Waals surface area (Å²) in [6.07, 6.45) is 7.36. The molecule has 1 aromatic carbocycles. The third kappa shape index (κ3) is 5.95. The molecule has 1 saturated heterocycles. The van der Waals surface area contributed by atoms with Gasteiger partial charge in [0.1, 0.15) is 0 Å². The zero-order valence-electron chi connectivity index (χ0n) is 17.7. The van der Waals surface area contributed by atoms with Crippen molar-refractivity contribution in [2.75, 3.05) is 39.4 Å². The lowest BCUT2D eigenvalue weighted by Gasteiger charge is -2.34. The highest BCUT2D eigenvalue weighted by Crippen LogP contribution is 2.32. The second-order valence-corrected chi connectivity index (χ2v) is 7.68. The van der Waals surface area contributed by atoms with E-state index in [2.05, 4.69) is 48.3 Å². The maximum atomic E-state index is 6.22. The molecule has 156 valence electrons. The Hall–Kier alpha value is -1.59. The van der Waals surface area contributed by atoms with E-state index in [0.29, 0.717) is 6.10 Å². The Morgan fingerprint density at radius 2 is 1.96 bits per heavy atom. The zero-order valence-corrected chi connectivity index (χ0v) is 17.7. The molecule has 1 fully saturated rings. The van der Waals surface area contributed by atoms with Gasteiger partial charge in [0, 0.05) is 39.4 Å². The number of hydrogen-bond acceptors (Lipinski definition) is 3. The maximum Gasteiger partial charge on any atom is 0.193 e. The van der Waals surface area contributed by atoms with Crippen LogP contribution in [0.1, 0.15) is 63.2 Å². The fourth-order valence-corrected chi connectivity index (χ4v) is 4.25. The van der Waals surface area contributed by atoms with E-state index in [1.165, 1.54) is 24.0 Å². The average Bonchev–Trinajstić information content (AvgIpc) is 2.74. The summed E-state index contributed by atoms with van der Waals surface area (Å²) in [5.41, 5.74) is 2.85. The number of nitrogens with one attached hydrogen (secondary N) is 1. The van der Waals surface area contributed by atoms with Gasteiger partial charge in [-0.05, 0) is 63.5 Å². The molecule has 1 aliphatic carbocycles. The summed E-state index contributed by atoms with van der Waals surface area (Å²) in [6.45, 7) is 9.54. The Balaban J connectivity index is 1.42. The minimum absolute atomic E-state index is 0.264. The molecule has 0 aromatic heterocycles. The van der Waals surface area contributed by atoms with Gasteiger partial charge in [-0.15, -0.1) is 0 Å². The van der Waals surface area contributed by atoms with Crippen molar-refractivity contribution in [1.82, 2.24) is 10.2 Å². The number of likely N-dealkylation sites (tertiary alicyclic amines) is 1. The van der Waals surface area contributed by atoms with Crippen molar-refractivity contribution in [1.29, 1.82) is 0 Å². The number of hydrogen-bond donors (Lipinski definition) is 1. The zero-order chi connectivity index (χ0) is 19.6. The van der Waals surface area contributed by atoms with E-state index in [-0.39, 0.29) is 6.10 Å². The van der Waals surface area contributed by atoms with E-state index in [1.54, 1.807) is 0 Å². The fourth-order valence-electron chi connectivity index (χ4n) is 4.25. The lowest BCUT2D eigenvalue weighted by Crippen LogP contribution is -2.47. The molecule has 0 saturated carbocycles. The third-order valence-corrected chi connectivity index (χ3v) is 5.68. The second kappa shape index (κ2) is 11.4. The molecular weight excluding hydrogens is 350 g/mol. The Kier molecular flexibility index (Phi) is 8.62. The van der Waals surface area contributed by atoms with Crippen LogP contribution < -0.4 is 5.32 Å². The molecule has 28 heavy (non-hydrogen) atoms. The predicted molar refractivity (Wildman–Crippen MR) is 115 cm³/mol. The first kappa shape index (κ1) is 21.1. The lowest BCUT2D eigenvalue weighted by atomic mass is 9.89. The number of piperidine rings is 1. The van der Waals surface area contributed by atoms with Crippen molar-refractivity contribution in [3.8, 4) is 0 Å². The summed E-state index contributed by atoms with van der Waals surface area (Å²) in [4.78, 5) is 7.22. The summed E-state index contributed by atoms with van der Waals surface area (Å²) in [5, 5.41) is 3.45. The van der Waals surface area contributed by atoms with Crippen LogP contribution in [-0.4, -0.2) is 56.4 Å². The first-order valence-corrected chi connectivity index (χ1v) is 11.2. The molecule has 0 spiro atoms. The van der Waals surface area contributed by atoms with Gasteiger partial charge < -0.3 is 19.7 Å². The highest BCUT2D eigenvalue weighted by atomic mass is 16.5. The van der Waals surface area contributed by atoms with Gasteiger partial charge in [0.05, 0.1) is 12.2 Å². The van der Waals surface area contributed by atoms with Crippen molar-refractivity contribution in [2.24, 2.45) is 4.99 Å². The molecule has 1 heterocycles. The van der Waals surface area contributed by atoms with Crippen molar-refractivity contribution < 1.29 is 9.47 Å². The number of aryl methyl sites for hydroxylation is 1.